The maximum absolute atomic E-state index is 4.45. The average molecular weight is 233 g/mol. The van der Waals surface area contributed by atoms with E-state index in [0.29, 0.717) is 0 Å². The molecule has 2 aromatic heterocycles. The van der Waals surface area contributed by atoms with Crippen molar-refractivity contribution in [3.8, 4) is 0 Å². The molecule has 0 unspecified atom stereocenters. The van der Waals surface area contributed by atoms with Gasteiger partial charge in [-0.05, 0) is 13.5 Å². The lowest BCUT2D eigenvalue weighted by Gasteiger charge is -2.07. The minimum absolute atomic E-state index is 0.835. The van der Waals surface area contributed by atoms with Crippen LogP contribution < -0.4 is 5.32 Å². The second-order valence-electron chi connectivity index (χ2n) is 4.17. The van der Waals surface area contributed by atoms with E-state index < -0.39 is 0 Å². The maximum atomic E-state index is 4.45. The number of hydrogen-bond acceptors (Lipinski definition) is 3. The van der Waals surface area contributed by atoms with Crippen molar-refractivity contribution in [1.29, 1.82) is 0 Å². The highest BCUT2D eigenvalue weighted by atomic mass is 15.3. The van der Waals surface area contributed by atoms with Crippen LogP contribution in [0.2, 0.25) is 0 Å². The minimum atomic E-state index is 0.835. The molecule has 0 aliphatic heterocycles. The Morgan fingerprint density at radius 3 is 2.94 bits per heavy atom. The fourth-order valence-electron chi connectivity index (χ4n) is 2.02. The van der Waals surface area contributed by atoms with Crippen molar-refractivity contribution in [2.45, 2.75) is 26.4 Å². The molecule has 17 heavy (non-hydrogen) atoms. The van der Waals surface area contributed by atoms with Crippen LogP contribution in [-0.4, -0.2) is 26.4 Å². The van der Waals surface area contributed by atoms with Crippen molar-refractivity contribution < 1.29 is 0 Å². The van der Waals surface area contributed by atoms with Gasteiger partial charge in [0, 0.05) is 31.5 Å². The standard InChI is InChI=1S/C12H19N5/c1-4-12-10(7-16(3)15-12)8-17-9-14-6-11(17)5-13-2/h6-7,9,13H,4-5,8H2,1-3H3. The molecule has 0 fully saturated rings. The molecule has 2 aromatic rings. The summed E-state index contributed by atoms with van der Waals surface area (Å²) in [5.74, 6) is 0. The minimum Gasteiger partial charge on any atom is -0.329 e. The molecule has 5 heteroatoms. The molecule has 0 radical (unpaired) electrons. The molecule has 92 valence electrons. The zero-order valence-electron chi connectivity index (χ0n) is 10.6. The summed E-state index contributed by atoms with van der Waals surface area (Å²) in [7, 11) is 3.91. The van der Waals surface area contributed by atoms with Crippen LogP contribution in [0.3, 0.4) is 0 Å². The molecule has 0 bridgehead atoms. The number of aromatic nitrogens is 4. The van der Waals surface area contributed by atoms with Crippen LogP contribution >= 0.6 is 0 Å². The molecular formula is C12H19N5. The van der Waals surface area contributed by atoms with Crippen molar-refractivity contribution in [3.05, 3.63) is 35.7 Å². The largest absolute Gasteiger partial charge is 0.329 e. The molecule has 0 aliphatic carbocycles. The van der Waals surface area contributed by atoms with Gasteiger partial charge in [-0.3, -0.25) is 4.68 Å². The molecule has 1 N–H and O–H groups in total. The summed E-state index contributed by atoms with van der Waals surface area (Å²) in [5, 5.41) is 7.60. The van der Waals surface area contributed by atoms with E-state index in [1.807, 2.05) is 31.3 Å². The summed E-state index contributed by atoms with van der Waals surface area (Å²) in [5.41, 5.74) is 3.63. The van der Waals surface area contributed by atoms with Gasteiger partial charge in [0.05, 0.1) is 24.3 Å². The first-order valence-corrected chi connectivity index (χ1v) is 5.89. The first-order chi connectivity index (χ1) is 8.24. The average Bonchev–Trinajstić information content (AvgIpc) is 2.87. The third kappa shape index (κ3) is 2.55. The zero-order valence-corrected chi connectivity index (χ0v) is 10.6. The third-order valence-corrected chi connectivity index (χ3v) is 2.82. The van der Waals surface area contributed by atoms with Crippen LogP contribution in [-0.2, 0) is 26.6 Å². The number of imidazole rings is 1. The Kier molecular flexibility index (Phi) is 3.58. The van der Waals surface area contributed by atoms with Gasteiger partial charge in [-0.1, -0.05) is 6.92 Å². The molecule has 0 aliphatic rings. The lowest BCUT2D eigenvalue weighted by atomic mass is 10.2. The van der Waals surface area contributed by atoms with E-state index in [0.717, 1.165) is 25.2 Å². The van der Waals surface area contributed by atoms with Crippen molar-refractivity contribution in [2.75, 3.05) is 7.05 Å². The molecule has 2 rings (SSSR count). The molecule has 2 heterocycles. The normalized spacial score (nSPS) is 11.0. The van der Waals surface area contributed by atoms with Gasteiger partial charge < -0.3 is 9.88 Å². The number of nitrogens with one attached hydrogen (secondary N) is 1. The first-order valence-electron chi connectivity index (χ1n) is 5.89. The Hall–Kier alpha value is -1.62. The molecule has 0 saturated carbocycles. The van der Waals surface area contributed by atoms with Crippen molar-refractivity contribution in [1.82, 2.24) is 24.6 Å². The SMILES string of the molecule is CCc1nn(C)cc1Cn1cncc1CNC. The van der Waals surface area contributed by atoms with E-state index in [1.54, 1.807) is 0 Å². The lowest BCUT2D eigenvalue weighted by Crippen LogP contribution is -2.11. The van der Waals surface area contributed by atoms with Gasteiger partial charge in [-0.25, -0.2) is 4.98 Å². The van der Waals surface area contributed by atoms with Crippen LogP contribution in [0.1, 0.15) is 23.9 Å². The van der Waals surface area contributed by atoms with Gasteiger partial charge in [-0.15, -0.1) is 0 Å². The van der Waals surface area contributed by atoms with E-state index in [-0.39, 0.29) is 0 Å². The molecule has 0 aromatic carbocycles. The maximum Gasteiger partial charge on any atom is 0.0951 e. The number of hydrogen-bond donors (Lipinski definition) is 1. The highest BCUT2D eigenvalue weighted by Crippen LogP contribution is 2.11. The molecule has 5 nitrogen and oxygen atoms in total. The number of rotatable bonds is 5. The quantitative estimate of drug-likeness (QED) is 0.836. The fourth-order valence-corrected chi connectivity index (χ4v) is 2.02. The monoisotopic (exact) mass is 233 g/mol. The summed E-state index contributed by atoms with van der Waals surface area (Å²) in [6.45, 7) is 3.81. The molecular weight excluding hydrogens is 214 g/mol. The molecule has 0 spiro atoms. The Labute approximate surface area is 101 Å². The predicted molar refractivity (Wildman–Crippen MR) is 66.7 cm³/mol. The predicted octanol–water partition coefficient (Wildman–Crippen LogP) is 0.947. The Morgan fingerprint density at radius 1 is 1.41 bits per heavy atom. The number of nitrogens with zero attached hydrogens (tertiary/aromatic N) is 4. The van der Waals surface area contributed by atoms with E-state index in [4.69, 9.17) is 0 Å². The van der Waals surface area contributed by atoms with Crippen LogP contribution in [0.4, 0.5) is 0 Å². The van der Waals surface area contributed by atoms with Crippen LogP contribution in [0, 0.1) is 0 Å². The van der Waals surface area contributed by atoms with Gasteiger partial charge in [0.15, 0.2) is 0 Å². The van der Waals surface area contributed by atoms with Crippen molar-refractivity contribution in [3.63, 3.8) is 0 Å². The second kappa shape index (κ2) is 5.14. The third-order valence-electron chi connectivity index (χ3n) is 2.82. The lowest BCUT2D eigenvalue weighted by molar-refractivity contribution is 0.689. The van der Waals surface area contributed by atoms with E-state index in [2.05, 4.69) is 33.1 Å². The highest BCUT2D eigenvalue weighted by Gasteiger charge is 2.08. The Balaban J connectivity index is 2.21. The van der Waals surface area contributed by atoms with Crippen molar-refractivity contribution >= 4 is 0 Å². The summed E-state index contributed by atoms with van der Waals surface area (Å²) >= 11 is 0. The van der Waals surface area contributed by atoms with E-state index in [9.17, 15) is 0 Å². The van der Waals surface area contributed by atoms with Gasteiger partial charge in [0.1, 0.15) is 0 Å². The fraction of sp³-hybridized carbons (Fsp3) is 0.500. The Bertz CT molecular complexity index is 483. The summed E-state index contributed by atoms with van der Waals surface area (Å²) in [6.07, 6.45) is 6.83. The van der Waals surface area contributed by atoms with E-state index in [1.165, 1.54) is 11.3 Å². The molecule has 0 saturated heterocycles. The van der Waals surface area contributed by atoms with E-state index >= 15 is 0 Å². The van der Waals surface area contributed by atoms with Crippen LogP contribution in [0.25, 0.3) is 0 Å². The second-order valence-corrected chi connectivity index (χ2v) is 4.17. The number of aryl methyl sites for hydroxylation is 2. The van der Waals surface area contributed by atoms with Gasteiger partial charge in [0.2, 0.25) is 0 Å². The van der Waals surface area contributed by atoms with Gasteiger partial charge in [-0.2, -0.15) is 5.10 Å². The van der Waals surface area contributed by atoms with Gasteiger partial charge >= 0.3 is 0 Å². The highest BCUT2D eigenvalue weighted by molar-refractivity contribution is 5.18. The van der Waals surface area contributed by atoms with Crippen LogP contribution in [0.15, 0.2) is 18.7 Å². The van der Waals surface area contributed by atoms with Gasteiger partial charge in [0.25, 0.3) is 0 Å². The first kappa shape index (κ1) is 11.9. The summed E-state index contributed by atoms with van der Waals surface area (Å²) in [4.78, 5) is 4.19. The molecule has 0 atom stereocenters. The zero-order chi connectivity index (χ0) is 12.3. The summed E-state index contributed by atoms with van der Waals surface area (Å²) < 4.78 is 4.04. The van der Waals surface area contributed by atoms with Crippen molar-refractivity contribution in [2.24, 2.45) is 7.05 Å². The smallest absolute Gasteiger partial charge is 0.0951 e. The molecule has 0 amide bonds. The van der Waals surface area contributed by atoms with Crippen LogP contribution in [0.5, 0.6) is 0 Å². The topological polar surface area (TPSA) is 47.7 Å². The summed E-state index contributed by atoms with van der Waals surface area (Å²) in [6, 6.07) is 0. The Morgan fingerprint density at radius 2 is 2.24 bits per heavy atom.